The van der Waals surface area contributed by atoms with E-state index in [1.807, 2.05) is 68.1 Å². The molecule has 2 N–H and O–H groups in total. The minimum atomic E-state index is -0.834. The lowest BCUT2D eigenvalue weighted by Gasteiger charge is -2.23. The quantitative estimate of drug-likeness (QED) is 0.258. The van der Waals surface area contributed by atoms with Gasteiger partial charge in [-0.3, -0.25) is 14.5 Å². The summed E-state index contributed by atoms with van der Waals surface area (Å²) in [5, 5.41) is 11.6. The summed E-state index contributed by atoms with van der Waals surface area (Å²) in [7, 11) is 1.63. The maximum absolute atomic E-state index is 13.0. The lowest BCUT2D eigenvalue weighted by molar-refractivity contribution is -0.136. The molecule has 0 saturated heterocycles. The summed E-state index contributed by atoms with van der Waals surface area (Å²) in [6.07, 6.45) is 3.96. The Balaban J connectivity index is 2.08. The van der Waals surface area contributed by atoms with Crippen LogP contribution < -0.4 is 10.1 Å². The Morgan fingerprint density at radius 2 is 1.86 bits per heavy atom. The summed E-state index contributed by atoms with van der Waals surface area (Å²) in [6.45, 7) is 12.3. The number of anilines is 1. The summed E-state index contributed by atoms with van der Waals surface area (Å²) in [6, 6.07) is 11.7. The van der Waals surface area contributed by atoms with Crippen LogP contribution >= 0.6 is 11.8 Å². The zero-order valence-electron chi connectivity index (χ0n) is 21.7. The van der Waals surface area contributed by atoms with Gasteiger partial charge in [-0.15, -0.1) is 11.8 Å². The van der Waals surface area contributed by atoms with E-state index < -0.39 is 11.2 Å². The molecule has 0 aliphatic rings. The number of nitrogens with zero attached hydrogens (tertiary/aromatic N) is 1. The number of nitrogens with one attached hydrogen (secondary N) is 1. The van der Waals surface area contributed by atoms with Gasteiger partial charge in [0, 0.05) is 17.1 Å². The van der Waals surface area contributed by atoms with Crippen LogP contribution in [0.4, 0.5) is 5.69 Å². The molecule has 0 heterocycles. The topological polar surface area (TPSA) is 88.1 Å². The van der Waals surface area contributed by atoms with Crippen molar-refractivity contribution < 1.29 is 24.2 Å². The second-order valence-electron chi connectivity index (χ2n) is 8.43. The third-order valence-corrected chi connectivity index (χ3v) is 6.72. The zero-order chi connectivity index (χ0) is 26.7. The number of methoxy groups -OCH3 is 1. The van der Waals surface area contributed by atoms with E-state index in [1.54, 1.807) is 14.0 Å². The summed E-state index contributed by atoms with van der Waals surface area (Å²) in [5.74, 6) is 0.544. The van der Waals surface area contributed by atoms with E-state index in [-0.39, 0.29) is 12.5 Å². The normalized spacial score (nSPS) is 12.2. The van der Waals surface area contributed by atoms with E-state index in [0.29, 0.717) is 18.8 Å². The highest BCUT2D eigenvalue weighted by molar-refractivity contribution is 8.00. The number of carbonyl (C=O) groups excluding carboxylic acids is 1. The van der Waals surface area contributed by atoms with Crippen LogP contribution in [-0.2, 0) is 20.7 Å². The van der Waals surface area contributed by atoms with Gasteiger partial charge in [-0.1, -0.05) is 18.7 Å². The number of amides is 1. The van der Waals surface area contributed by atoms with Gasteiger partial charge in [-0.2, -0.15) is 0 Å². The molecular formula is C28H36N2O5S. The molecule has 1 amide bonds. The fourth-order valence-corrected chi connectivity index (χ4v) is 4.35. The van der Waals surface area contributed by atoms with Gasteiger partial charge in [-0.25, -0.2) is 0 Å². The number of carbonyl (C=O) groups is 2. The standard InChI is InChI=1S/C28H36N2O5S/c1-7-23(35-8-2)17-30(14-13-22-9-11-24(12-10-22)36-21(5)28(32)33)18-27(31)29-25-15-20(4)26(34-6)16-19(25)3/h7-12,15-16,21H,2,13-14,17-18H2,1,3-6H3,(H,29,31)(H,32,33)/b23-7-. The van der Waals surface area contributed by atoms with Crippen molar-refractivity contribution in [3.8, 4) is 5.75 Å². The number of hydrogen-bond donors (Lipinski definition) is 2. The van der Waals surface area contributed by atoms with Crippen LogP contribution in [0.5, 0.6) is 5.75 Å². The van der Waals surface area contributed by atoms with Crippen LogP contribution in [0.2, 0.25) is 0 Å². The van der Waals surface area contributed by atoms with Crippen LogP contribution in [0.3, 0.4) is 0 Å². The molecule has 36 heavy (non-hydrogen) atoms. The molecule has 2 aromatic carbocycles. The minimum Gasteiger partial charge on any atom is -0.496 e. The molecule has 8 heteroatoms. The number of rotatable bonds is 14. The SMILES string of the molecule is C=CO/C(=C\C)CN(CCc1ccc(SC(C)C(=O)O)cc1)CC(=O)Nc1cc(C)c(OC)cc1C. The number of allylic oxidation sites excluding steroid dienone is 1. The van der Waals surface area contributed by atoms with E-state index in [2.05, 4.69) is 11.9 Å². The Morgan fingerprint density at radius 3 is 2.44 bits per heavy atom. The first-order valence-electron chi connectivity index (χ1n) is 11.7. The zero-order valence-corrected chi connectivity index (χ0v) is 22.5. The Morgan fingerprint density at radius 1 is 1.17 bits per heavy atom. The number of carboxylic acids is 1. The predicted octanol–water partition coefficient (Wildman–Crippen LogP) is 5.42. The Kier molecular flexibility index (Phi) is 11.6. The molecule has 0 aromatic heterocycles. The fourth-order valence-electron chi connectivity index (χ4n) is 3.55. The summed E-state index contributed by atoms with van der Waals surface area (Å²) < 4.78 is 10.9. The van der Waals surface area contributed by atoms with E-state index in [4.69, 9.17) is 14.6 Å². The van der Waals surface area contributed by atoms with Crippen molar-refractivity contribution in [3.05, 3.63) is 77.8 Å². The van der Waals surface area contributed by atoms with Crippen LogP contribution in [-0.4, -0.2) is 53.9 Å². The predicted molar refractivity (Wildman–Crippen MR) is 146 cm³/mol. The van der Waals surface area contributed by atoms with Gasteiger partial charge < -0.3 is 19.9 Å². The lowest BCUT2D eigenvalue weighted by atomic mass is 10.1. The van der Waals surface area contributed by atoms with Crippen molar-refractivity contribution in [2.45, 2.75) is 44.3 Å². The average molecular weight is 513 g/mol. The van der Waals surface area contributed by atoms with Crippen molar-refractivity contribution in [2.24, 2.45) is 0 Å². The number of aliphatic carboxylic acids is 1. The number of benzene rings is 2. The Bertz CT molecular complexity index is 1080. The van der Waals surface area contributed by atoms with Gasteiger partial charge >= 0.3 is 5.97 Å². The maximum Gasteiger partial charge on any atom is 0.316 e. The number of thioether (sulfide) groups is 1. The van der Waals surface area contributed by atoms with E-state index in [9.17, 15) is 9.59 Å². The van der Waals surface area contributed by atoms with Crippen LogP contribution in [0.25, 0.3) is 0 Å². The molecule has 0 fully saturated rings. The average Bonchev–Trinajstić information content (AvgIpc) is 2.84. The number of aryl methyl sites for hydroxylation is 2. The fraction of sp³-hybridized carbons (Fsp3) is 0.357. The summed E-state index contributed by atoms with van der Waals surface area (Å²) in [4.78, 5) is 27.0. The molecule has 0 aliphatic carbocycles. The van der Waals surface area contributed by atoms with Crippen molar-refractivity contribution in [3.63, 3.8) is 0 Å². The van der Waals surface area contributed by atoms with Gasteiger partial charge in [0.2, 0.25) is 5.91 Å². The summed E-state index contributed by atoms with van der Waals surface area (Å²) in [5.41, 5.74) is 3.73. The van der Waals surface area contributed by atoms with Gasteiger partial charge in [0.05, 0.1) is 26.5 Å². The first-order chi connectivity index (χ1) is 17.2. The molecule has 0 bridgehead atoms. The Hall–Kier alpha value is -3.23. The molecule has 7 nitrogen and oxygen atoms in total. The molecule has 0 saturated carbocycles. The van der Waals surface area contributed by atoms with Gasteiger partial charge in [-0.05, 0) is 81.1 Å². The number of hydrogen-bond acceptors (Lipinski definition) is 6. The largest absolute Gasteiger partial charge is 0.496 e. The van der Waals surface area contributed by atoms with Gasteiger partial charge in [0.15, 0.2) is 0 Å². The highest BCUT2D eigenvalue weighted by atomic mass is 32.2. The molecule has 1 atom stereocenters. The van der Waals surface area contributed by atoms with Crippen LogP contribution in [0, 0.1) is 13.8 Å². The smallest absolute Gasteiger partial charge is 0.316 e. The molecule has 1 unspecified atom stereocenters. The minimum absolute atomic E-state index is 0.119. The first kappa shape index (κ1) is 29.0. The van der Waals surface area contributed by atoms with Gasteiger partial charge in [0.25, 0.3) is 0 Å². The molecule has 194 valence electrons. The number of ether oxygens (including phenoxy) is 2. The third-order valence-electron chi connectivity index (χ3n) is 5.62. The summed E-state index contributed by atoms with van der Waals surface area (Å²) >= 11 is 1.31. The molecule has 0 radical (unpaired) electrons. The third kappa shape index (κ3) is 9.09. The molecule has 2 rings (SSSR count). The highest BCUT2D eigenvalue weighted by Gasteiger charge is 2.16. The monoisotopic (exact) mass is 512 g/mol. The van der Waals surface area contributed by atoms with Crippen molar-refractivity contribution >= 4 is 29.3 Å². The van der Waals surface area contributed by atoms with E-state index in [0.717, 1.165) is 39.4 Å². The van der Waals surface area contributed by atoms with Crippen molar-refractivity contribution in [1.29, 1.82) is 0 Å². The Labute approximate surface area is 218 Å². The first-order valence-corrected chi connectivity index (χ1v) is 12.6. The van der Waals surface area contributed by atoms with E-state index >= 15 is 0 Å². The second kappa shape index (κ2) is 14.4. The van der Waals surface area contributed by atoms with Crippen LogP contribution in [0.15, 0.2) is 66.0 Å². The highest BCUT2D eigenvalue weighted by Crippen LogP contribution is 2.26. The van der Waals surface area contributed by atoms with Crippen molar-refractivity contribution in [1.82, 2.24) is 4.90 Å². The van der Waals surface area contributed by atoms with Crippen molar-refractivity contribution in [2.75, 3.05) is 32.1 Å². The van der Waals surface area contributed by atoms with Crippen LogP contribution in [0.1, 0.15) is 30.5 Å². The molecule has 2 aromatic rings. The second-order valence-corrected chi connectivity index (χ2v) is 9.84. The van der Waals surface area contributed by atoms with E-state index in [1.165, 1.54) is 18.0 Å². The molecule has 0 spiro atoms. The molecule has 0 aliphatic heterocycles. The van der Waals surface area contributed by atoms with Gasteiger partial charge in [0.1, 0.15) is 16.8 Å². The number of carboxylic acid groups (broad SMARTS) is 1. The lowest BCUT2D eigenvalue weighted by Crippen LogP contribution is -2.36. The molecular weight excluding hydrogens is 476 g/mol. The maximum atomic E-state index is 13.0.